The van der Waals surface area contributed by atoms with Gasteiger partial charge >= 0.3 is 6.36 Å². The van der Waals surface area contributed by atoms with Crippen molar-refractivity contribution in [1.82, 2.24) is 14.9 Å². The number of nitrogens with zero attached hydrogens (tertiary/aromatic N) is 3. The Labute approximate surface area is 147 Å². The van der Waals surface area contributed by atoms with Crippen LogP contribution < -0.4 is 4.74 Å². The fraction of sp³-hybridized carbons (Fsp3) is 0.167. The Bertz CT molecular complexity index is 927. The molecule has 2 aromatic carbocycles. The highest BCUT2D eigenvalue weighted by Gasteiger charge is 2.31. The topological polar surface area (TPSA) is 55.3 Å². The van der Waals surface area contributed by atoms with E-state index in [0.717, 1.165) is 0 Å². The van der Waals surface area contributed by atoms with Crippen molar-refractivity contribution >= 4 is 16.9 Å². The summed E-state index contributed by atoms with van der Waals surface area (Å²) >= 11 is 0. The fourth-order valence-electron chi connectivity index (χ4n) is 2.40. The molecule has 0 spiro atoms. The maximum Gasteiger partial charge on any atom is 0.573 e. The molecule has 0 bridgehead atoms. The lowest BCUT2D eigenvalue weighted by Gasteiger charge is -2.17. The van der Waals surface area contributed by atoms with E-state index >= 15 is 0 Å². The molecule has 1 heterocycles. The van der Waals surface area contributed by atoms with Gasteiger partial charge in [-0.3, -0.25) is 9.78 Å². The van der Waals surface area contributed by atoms with Crippen LogP contribution in [0, 0.1) is 0 Å². The average molecular weight is 361 g/mol. The van der Waals surface area contributed by atoms with Gasteiger partial charge in [0, 0.05) is 13.6 Å². The minimum absolute atomic E-state index is 0.197. The zero-order valence-electron chi connectivity index (χ0n) is 13.7. The van der Waals surface area contributed by atoms with Crippen molar-refractivity contribution in [2.24, 2.45) is 0 Å². The standard InChI is InChI=1S/C18H14F3N3O2/c1-24(11-12-6-8-13(9-7-12)26-18(19,20)21)17(25)16-10-22-14-4-2-3-5-15(14)23-16/h2-10H,11H2,1H3. The first kappa shape index (κ1) is 17.7. The van der Waals surface area contributed by atoms with Gasteiger partial charge in [0.2, 0.25) is 0 Å². The Morgan fingerprint density at radius 2 is 1.73 bits per heavy atom. The molecule has 0 unspecified atom stereocenters. The molecule has 134 valence electrons. The molecule has 0 fully saturated rings. The zero-order valence-corrected chi connectivity index (χ0v) is 13.7. The van der Waals surface area contributed by atoms with Crippen molar-refractivity contribution in [3.63, 3.8) is 0 Å². The van der Waals surface area contributed by atoms with Crippen LogP contribution in [0.3, 0.4) is 0 Å². The molecule has 1 amide bonds. The average Bonchev–Trinajstić information content (AvgIpc) is 2.61. The molecule has 0 saturated heterocycles. The summed E-state index contributed by atoms with van der Waals surface area (Å²) in [5.41, 5.74) is 2.15. The predicted molar refractivity (Wildman–Crippen MR) is 88.5 cm³/mol. The molecular formula is C18H14F3N3O2. The maximum absolute atomic E-state index is 12.5. The van der Waals surface area contributed by atoms with E-state index in [0.29, 0.717) is 16.6 Å². The first-order chi connectivity index (χ1) is 12.3. The molecule has 0 aliphatic carbocycles. The zero-order chi connectivity index (χ0) is 18.7. The number of alkyl halides is 3. The number of para-hydroxylation sites is 2. The Morgan fingerprint density at radius 1 is 1.08 bits per heavy atom. The first-order valence-corrected chi connectivity index (χ1v) is 7.64. The van der Waals surface area contributed by atoms with Crippen LogP contribution in [-0.4, -0.2) is 34.2 Å². The van der Waals surface area contributed by atoms with Gasteiger partial charge in [-0.1, -0.05) is 24.3 Å². The molecule has 0 saturated carbocycles. The number of carbonyl (C=O) groups excluding carboxylic acids is 1. The maximum atomic E-state index is 12.5. The molecule has 1 aromatic heterocycles. The van der Waals surface area contributed by atoms with Gasteiger partial charge in [0.05, 0.1) is 17.2 Å². The van der Waals surface area contributed by atoms with Crippen LogP contribution in [0.1, 0.15) is 16.1 Å². The molecule has 0 atom stereocenters. The molecule has 0 N–H and O–H groups in total. The number of aromatic nitrogens is 2. The molecular weight excluding hydrogens is 347 g/mol. The number of amides is 1. The first-order valence-electron chi connectivity index (χ1n) is 7.64. The van der Waals surface area contributed by atoms with Gasteiger partial charge < -0.3 is 9.64 Å². The van der Waals surface area contributed by atoms with Crippen LogP contribution >= 0.6 is 0 Å². The fourth-order valence-corrected chi connectivity index (χ4v) is 2.40. The summed E-state index contributed by atoms with van der Waals surface area (Å²) < 4.78 is 40.3. The van der Waals surface area contributed by atoms with E-state index in [1.165, 1.54) is 35.4 Å². The van der Waals surface area contributed by atoms with Gasteiger partial charge in [0.1, 0.15) is 11.4 Å². The lowest BCUT2D eigenvalue weighted by atomic mass is 10.2. The SMILES string of the molecule is CN(Cc1ccc(OC(F)(F)F)cc1)C(=O)c1cnc2ccccc2n1. The molecule has 8 heteroatoms. The lowest BCUT2D eigenvalue weighted by molar-refractivity contribution is -0.274. The highest BCUT2D eigenvalue weighted by atomic mass is 19.4. The third-order valence-corrected chi connectivity index (χ3v) is 3.59. The van der Waals surface area contributed by atoms with Crippen LogP contribution in [0.4, 0.5) is 13.2 Å². The van der Waals surface area contributed by atoms with Crippen molar-refractivity contribution in [3.05, 3.63) is 66.0 Å². The van der Waals surface area contributed by atoms with E-state index in [2.05, 4.69) is 14.7 Å². The summed E-state index contributed by atoms with van der Waals surface area (Å²) in [4.78, 5) is 22.4. The second kappa shape index (κ2) is 6.99. The van der Waals surface area contributed by atoms with Crippen molar-refractivity contribution in [2.75, 3.05) is 7.05 Å². The number of halogens is 3. The van der Waals surface area contributed by atoms with Gasteiger partial charge in [-0.15, -0.1) is 13.2 Å². The van der Waals surface area contributed by atoms with E-state index in [4.69, 9.17) is 0 Å². The Morgan fingerprint density at radius 3 is 2.38 bits per heavy atom. The minimum Gasteiger partial charge on any atom is -0.406 e. The molecule has 5 nitrogen and oxygen atoms in total. The smallest absolute Gasteiger partial charge is 0.406 e. The van der Waals surface area contributed by atoms with E-state index in [1.54, 1.807) is 25.2 Å². The lowest BCUT2D eigenvalue weighted by Crippen LogP contribution is -2.27. The number of ether oxygens (including phenoxy) is 1. The summed E-state index contributed by atoms with van der Waals surface area (Å²) in [5, 5.41) is 0. The summed E-state index contributed by atoms with van der Waals surface area (Å²) in [6.45, 7) is 0.208. The quantitative estimate of drug-likeness (QED) is 0.709. The Balaban J connectivity index is 1.70. The van der Waals surface area contributed by atoms with Crippen LogP contribution in [0.15, 0.2) is 54.7 Å². The van der Waals surface area contributed by atoms with Crippen molar-refractivity contribution in [3.8, 4) is 5.75 Å². The van der Waals surface area contributed by atoms with Gasteiger partial charge in [-0.2, -0.15) is 0 Å². The largest absolute Gasteiger partial charge is 0.573 e. The molecule has 0 aliphatic heterocycles. The molecule has 3 aromatic rings. The predicted octanol–water partition coefficient (Wildman–Crippen LogP) is 3.80. The Kier molecular flexibility index (Phi) is 4.75. The highest BCUT2D eigenvalue weighted by molar-refractivity contribution is 5.93. The monoisotopic (exact) mass is 361 g/mol. The second-order valence-corrected chi connectivity index (χ2v) is 5.60. The van der Waals surface area contributed by atoms with Crippen LogP contribution in [0.25, 0.3) is 11.0 Å². The number of carbonyl (C=O) groups is 1. The van der Waals surface area contributed by atoms with Gasteiger partial charge in [-0.05, 0) is 29.8 Å². The third-order valence-electron chi connectivity index (χ3n) is 3.59. The van der Waals surface area contributed by atoms with E-state index < -0.39 is 6.36 Å². The van der Waals surface area contributed by atoms with Crippen LogP contribution in [-0.2, 0) is 6.54 Å². The van der Waals surface area contributed by atoms with E-state index in [1.807, 2.05) is 6.07 Å². The molecule has 26 heavy (non-hydrogen) atoms. The van der Waals surface area contributed by atoms with Gasteiger partial charge in [-0.25, -0.2) is 4.98 Å². The van der Waals surface area contributed by atoms with Gasteiger partial charge in [0.15, 0.2) is 0 Å². The Hall–Kier alpha value is -3.16. The van der Waals surface area contributed by atoms with Crippen molar-refractivity contribution in [2.45, 2.75) is 12.9 Å². The van der Waals surface area contributed by atoms with Crippen molar-refractivity contribution in [1.29, 1.82) is 0 Å². The minimum atomic E-state index is -4.73. The summed E-state index contributed by atoms with van der Waals surface area (Å²) in [6.07, 6.45) is -3.33. The van der Waals surface area contributed by atoms with E-state index in [-0.39, 0.29) is 23.9 Å². The summed E-state index contributed by atoms with van der Waals surface area (Å²) in [6, 6.07) is 12.5. The number of hydrogen-bond acceptors (Lipinski definition) is 4. The van der Waals surface area contributed by atoms with Crippen LogP contribution in [0.2, 0.25) is 0 Å². The van der Waals surface area contributed by atoms with E-state index in [9.17, 15) is 18.0 Å². The summed E-state index contributed by atoms with van der Waals surface area (Å²) in [5.74, 6) is -0.644. The highest BCUT2D eigenvalue weighted by Crippen LogP contribution is 2.23. The normalized spacial score (nSPS) is 11.4. The van der Waals surface area contributed by atoms with Crippen LogP contribution in [0.5, 0.6) is 5.75 Å². The molecule has 3 rings (SSSR count). The third kappa shape index (κ3) is 4.27. The molecule has 0 aliphatic rings. The molecule has 0 radical (unpaired) electrons. The summed E-state index contributed by atoms with van der Waals surface area (Å²) in [7, 11) is 1.58. The second-order valence-electron chi connectivity index (χ2n) is 5.60. The number of rotatable bonds is 4. The number of fused-ring (bicyclic) bond motifs is 1. The number of hydrogen-bond donors (Lipinski definition) is 0. The number of benzene rings is 2. The van der Waals surface area contributed by atoms with Gasteiger partial charge in [0.25, 0.3) is 5.91 Å². The van der Waals surface area contributed by atoms with Crippen molar-refractivity contribution < 1.29 is 22.7 Å².